The summed E-state index contributed by atoms with van der Waals surface area (Å²) in [5, 5.41) is 0. The summed E-state index contributed by atoms with van der Waals surface area (Å²) in [5.41, 5.74) is 0. The molecule has 0 aliphatic rings. The normalized spacial score (nSPS) is 8.50. The van der Waals surface area contributed by atoms with Gasteiger partial charge in [0.15, 0.2) is 0 Å². The van der Waals surface area contributed by atoms with Crippen LogP contribution in [0.3, 0.4) is 0 Å². The zero-order valence-corrected chi connectivity index (χ0v) is 8.01. The lowest BCUT2D eigenvalue weighted by atomic mass is 10.8. The van der Waals surface area contributed by atoms with Gasteiger partial charge in [0.25, 0.3) is 0 Å². The molecule has 0 atom stereocenters. The molecule has 0 amide bonds. The van der Waals surface area contributed by atoms with Crippen molar-refractivity contribution in [1.29, 1.82) is 0 Å². The smallest absolute Gasteiger partial charge is 0.375 e. The Morgan fingerprint density at radius 2 is 1.30 bits per heavy atom. The lowest BCUT2D eigenvalue weighted by molar-refractivity contribution is 0.163. The van der Waals surface area contributed by atoms with Crippen LogP contribution in [0.5, 0.6) is 0 Å². The van der Waals surface area contributed by atoms with E-state index in [1.54, 1.807) is 27.4 Å². The Balaban J connectivity index is 0. The minimum absolute atomic E-state index is 1.36. The molecule has 0 spiro atoms. The summed E-state index contributed by atoms with van der Waals surface area (Å²) in [7, 11) is 3.31. The molecule has 4 heteroatoms. The first kappa shape index (κ1) is 12.5. The van der Waals surface area contributed by atoms with E-state index in [0.717, 1.165) is 0 Å². The third-order valence-corrected chi connectivity index (χ3v) is 1.50. The van der Waals surface area contributed by atoms with Gasteiger partial charge < -0.3 is 13.3 Å². The fraction of sp³-hybridized carbons (Fsp3) is 0.667. The number of hydrogen-bond acceptors (Lipinski definition) is 3. The van der Waals surface area contributed by atoms with Crippen molar-refractivity contribution in [3.63, 3.8) is 0 Å². The van der Waals surface area contributed by atoms with Crippen molar-refractivity contribution in [2.75, 3.05) is 21.3 Å². The van der Waals surface area contributed by atoms with Crippen LogP contribution >= 0.6 is 0 Å². The molecule has 0 aliphatic carbocycles. The summed E-state index contributed by atoms with van der Waals surface area (Å²) < 4.78 is 14.1. The topological polar surface area (TPSA) is 27.7 Å². The summed E-state index contributed by atoms with van der Waals surface area (Å²) in [5.74, 6) is 0. The zero-order chi connectivity index (χ0) is 8.41. The lowest BCUT2D eigenvalue weighted by Gasteiger charge is -2.02. The van der Waals surface area contributed by atoms with E-state index < -0.39 is 9.53 Å². The van der Waals surface area contributed by atoms with Gasteiger partial charge in [-0.05, 0) is 6.92 Å². The second kappa shape index (κ2) is 11.6. The van der Waals surface area contributed by atoms with Crippen molar-refractivity contribution in [3.05, 3.63) is 12.7 Å². The van der Waals surface area contributed by atoms with E-state index in [1.807, 2.05) is 6.92 Å². The highest BCUT2D eigenvalue weighted by atomic mass is 28.3. The van der Waals surface area contributed by atoms with E-state index in [0.29, 0.717) is 0 Å². The molecule has 0 aromatic rings. The van der Waals surface area contributed by atoms with E-state index in [4.69, 9.17) is 13.3 Å². The molecule has 0 saturated heterocycles. The first-order valence-electron chi connectivity index (χ1n) is 2.82. The van der Waals surface area contributed by atoms with Gasteiger partial charge in [-0.3, -0.25) is 0 Å². The highest BCUT2D eigenvalue weighted by molar-refractivity contribution is 6.36. The lowest BCUT2D eigenvalue weighted by Crippen LogP contribution is -2.21. The van der Waals surface area contributed by atoms with Crippen molar-refractivity contribution >= 4 is 9.53 Å². The second-order valence-corrected chi connectivity index (χ2v) is 3.00. The Bertz CT molecular complexity index is 58.5. The van der Waals surface area contributed by atoms with Crippen LogP contribution in [-0.4, -0.2) is 30.9 Å². The number of hydrogen-bond donors (Lipinski definition) is 0. The maximum atomic E-state index is 4.71. The average molecular weight is 163 g/mol. The summed E-state index contributed by atoms with van der Waals surface area (Å²) in [6.07, 6.45) is 1.75. The molecule has 3 nitrogen and oxygen atoms in total. The Labute approximate surface area is 64.6 Å². The zero-order valence-electron chi connectivity index (χ0n) is 7.01. The highest BCUT2D eigenvalue weighted by Gasteiger charge is 2.09. The molecule has 0 fully saturated rings. The Morgan fingerprint density at radius 3 is 1.30 bits per heavy atom. The summed E-state index contributed by atoms with van der Waals surface area (Å²) in [6, 6.07) is 0. The molecule has 0 aliphatic heterocycles. The monoisotopic (exact) mass is 163 g/mol. The first-order valence-corrected chi connectivity index (χ1v) is 4.05. The van der Waals surface area contributed by atoms with Gasteiger partial charge in [-0.15, -0.1) is 6.58 Å². The predicted molar refractivity (Wildman–Crippen MR) is 42.7 cm³/mol. The van der Waals surface area contributed by atoms with Gasteiger partial charge in [-0.25, -0.2) is 0 Å². The maximum absolute atomic E-state index is 4.71. The van der Waals surface area contributed by atoms with E-state index in [-0.39, 0.29) is 0 Å². The van der Waals surface area contributed by atoms with Crippen molar-refractivity contribution in [2.24, 2.45) is 0 Å². The minimum Gasteiger partial charge on any atom is -0.375 e. The molecule has 0 saturated carbocycles. The number of rotatable bonds is 3. The third-order valence-electron chi connectivity index (χ3n) is 0.500. The molecule has 10 heavy (non-hydrogen) atoms. The van der Waals surface area contributed by atoms with E-state index in [1.165, 1.54) is 0 Å². The van der Waals surface area contributed by atoms with Gasteiger partial charge in [0.05, 0.1) is 0 Å². The molecule has 0 bridgehead atoms. The number of allylic oxidation sites excluding steroid dienone is 1. The van der Waals surface area contributed by atoms with Crippen LogP contribution in [0.25, 0.3) is 0 Å². The van der Waals surface area contributed by atoms with Crippen molar-refractivity contribution in [1.82, 2.24) is 0 Å². The molecule has 0 aromatic carbocycles. The third kappa shape index (κ3) is 10.8. The maximum Gasteiger partial charge on any atom is 0.576 e. The fourth-order valence-corrected chi connectivity index (χ4v) is 0.750. The molecule has 0 heterocycles. The van der Waals surface area contributed by atoms with E-state index in [2.05, 4.69) is 6.58 Å². The molecule has 0 unspecified atom stereocenters. The van der Waals surface area contributed by atoms with Gasteiger partial charge in [-0.1, -0.05) is 6.08 Å². The fourth-order valence-electron chi connectivity index (χ4n) is 0.250. The summed E-state index contributed by atoms with van der Waals surface area (Å²) in [4.78, 5) is 0. The van der Waals surface area contributed by atoms with Gasteiger partial charge in [0.1, 0.15) is 0 Å². The second-order valence-electron chi connectivity index (χ2n) is 1.27. The highest BCUT2D eigenvalue weighted by Crippen LogP contribution is 1.81. The van der Waals surface area contributed by atoms with Crippen LogP contribution in [0.15, 0.2) is 12.7 Å². The van der Waals surface area contributed by atoms with E-state index in [9.17, 15) is 0 Å². The SMILES string of the molecule is C=CC.CO[Si](OC)OC. The van der Waals surface area contributed by atoms with E-state index >= 15 is 0 Å². The van der Waals surface area contributed by atoms with Crippen molar-refractivity contribution in [3.8, 4) is 0 Å². The van der Waals surface area contributed by atoms with Crippen LogP contribution in [0, 0.1) is 0 Å². The van der Waals surface area contributed by atoms with Crippen LogP contribution in [-0.2, 0) is 13.3 Å². The first-order chi connectivity index (χ1) is 4.76. The van der Waals surface area contributed by atoms with Gasteiger partial charge >= 0.3 is 9.53 Å². The van der Waals surface area contributed by atoms with Crippen molar-refractivity contribution in [2.45, 2.75) is 6.92 Å². The van der Waals surface area contributed by atoms with Crippen LogP contribution < -0.4 is 0 Å². The van der Waals surface area contributed by atoms with Crippen molar-refractivity contribution < 1.29 is 13.3 Å². The molecule has 0 aromatic heterocycles. The Hall–Kier alpha value is -0.163. The van der Waals surface area contributed by atoms with Gasteiger partial charge in [0.2, 0.25) is 0 Å². The largest absolute Gasteiger partial charge is 0.576 e. The van der Waals surface area contributed by atoms with Crippen LogP contribution in [0.1, 0.15) is 6.92 Å². The molecule has 61 valence electrons. The predicted octanol–water partition coefficient (Wildman–Crippen LogP) is 1.10. The van der Waals surface area contributed by atoms with Gasteiger partial charge in [-0.2, -0.15) is 0 Å². The summed E-state index contributed by atoms with van der Waals surface area (Å²) in [6.45, 7) is 5.25. The standard InChI is InChI=1S/C3H9O3Si.C3H6/c1-4-7(5-2)6-3;1-3-2/h1-3H3;3H,1H2,2H3. The van der Waals surface area contributed by atoms with Gasteiger partial charge in [0, 0.05) is 21.3 Å². The quantitative estimate of drug-likeness (QED) is 0.460. The molecule has 0 N–H and O–H groups in total. The molecular weight excluding hydrogens is 148 g/mol. The molecule has 0 rings (SSSR count). The Kier molecular flexibility index (Phi) is 14.5. The average Bonchev–Trinajstić information content (AvgIpc) is 1.93. The van der Waals surface area contributed by atoms with Crippen LogP contribution in [0.2, 0.25) is 0 Å². The minimum atomic E-state index is -1.36. The molecular formula is C6H15O3Si. The molecule has 1 radical (unpaired) electrons. The summed E-state index contributed by atoms with van der Waals surface area (Å²) >= 11 is 0. The van der Waals surface area contributed by atoms with Crippen LogP contribution in [0.4, 0.5) is 0 Å². The Morgan fingerprint density at radius 1 is 1.10 bits per heavy atom.